The summed E-state index contributed by atoms with van der Waals surface area (Å²) in [5.74, 6) is 1.54. The molecule has 1 aliphatic rings. The molecule has 0 saturated heterocycles. The number of guanidine groups is 1. The van der Waals surface area contributed by atoms with Crippen molar-refractivity contribution in [2.24, 2.45) is 10.1 Å². The lowest BCUT2D eigenvalue weighted by molar-refractivity contribution is 0.339. The van der Waals surface area contributed by atoms with E-state index in [2.05, 4.69) is 36.8 Å². The van der Waals surface area contributed by atoms with Gasteiger partial charge in [0.25, 0.3) is 0 Å². The maximum Gasteiger partial charge on any atom is 0.212 e. The summed E-state index contributed by atoms with van der Waals surface area (Å²) in [4.78, 5) is 4.22. The predicted molar refractivity (Wildman–Crippen MR) is 81.0 cm³/mol. The Morgan fingerprint density at radius 2 is 2.42 bits per heavy atom. The number of hydrogen-bond acceptors (Lipinski definition) is 5. The first-order valence-electron chi connectivity index (χ1n) is 6.22. The van der Waals surface area contributed by atoms with Crippen LogP contribution in [0.1, 0.15) is 19.4 Å². The number of nitrogens with one attached hydrogen (secondary N) is 2. The SMILES string of the molecule is CCOc1ccc(Br)cc1/C(C)=N\NC1=NCCN1. The van der Waals surface area contributed by atoms with E-state index in [0.717, 1.165) is 34.6 Å². The van der Waals surface area contributed by atoms with E-state index >= 15 is 0 Å². The van der Waals surface area contributed by atoms with Gasteiger partial charge < -0.3 is 10.1 Å². The van der Waals surface area contributed by atoms with E-state index in [9.17, 15) is 0 Å². The van der Waals surface area contributed by atoms with Crippen molar-refractivity contribution in [3.8, 4) is 5.75 Å². The summed E-state index contributed by atoms with van der Waals surface area (Å²) < 4.78 is 6.61. The number of nitrogens with zero attached hydrogens (tertiary/aromatic N) is 2. The van der Waals surface area contributed by atoms with Crippen LogP contribution in [0.2, 0.25) is 0 Å². The van der Waals surface area contributed by atoms with Gasteiger partial charge in [-0.1, -0.05) is 15.9 Å². The van der Waals surface area contributed by atoms with Crippen LogP contribution < -0.4 is 15.5 Å². The van der Waals surface area contributed by atoms with Gasteiger partial charge in [0.2, 0.25) is 5.96 Å². The maximum absolute atomic E-state index is 5.61. The molecule has 0 bridgehead atoms. The van der Waals surface area contributed by atoms with Crippen molar-refractivity contribution in [2.45, 2.75) is 13.8 Å². The molecule has 0 radical (unpaired) electrons. The first-order chi connectivity index (χ1) is 9.20. The van der Waals surface area contributed by atoms with Gasteiger partial charge >= 0.3 is 0 Å². The summed E-state index contributed by atoms with van der Waals surface area (Å²) in [6.45, 7) is 6.18. The molecule has 6 heteroatoms. The fraction of sp³-hybridized carbons (Fsp3) is 0.385. The second kappa shape index (κ2) is 6.56. The van der Waals surface area contributed by atoms with E-state index in [1.54, 1.807) is 0 Å². The zero-order valence-electron chi connectivity index (χ0n) is 11.0. The average Bonchev–Trinajstić information content (AvgIpc) is 2.91. The minimum atomic E-state index is 0.629. The predicted octanol–water partition coefficient (Wildman–Crippen LogP) is 2.12. The van der Waals surface area contributed by atoms with Gasteiger partial charge in [-0.05, 0) is 32.0 Å². The van der Waals surface area contributed by atoms with Crippen LogP contribution in [0.25, 0.3) is 0 Å². The normalized spacial score (nSPS) is 14.9. The highest BCUT2D eigenvalue weighted by atomic mass is 79.9. The molecule has 19 heavy (non-hydrogen) atoms. The van der Waals surface area contributed by atoms with E-state index in [4.69, 9.17) is 4.74 Å². The molecular weight excluding hydrogens is 308 g/mol. The third kappa shape index (κ3) is 3.70. The molecule has 1 aromatic rings. The van der Waals surface area contributed by atoms with Gasteiger partial charge in [-0.25, -0.2) is 10.4 Å². The molecular formula is C13H17BrN4O. The minimum Gasteiger partial charge on any atom is -0.493 e. The summed E-state index contributed by atoms with van der Waals surface area (Å²) in [7, 11) is 0. The first-order valence-corrected chi connectivity index (χ1v) is 7.01. The molecule has 102 valence electrons. The third-order valence-corrected chi connectivity index (χ3v) is 3.13. The highest BCUT2D eigenvalue weighted by Crippen LogP contribution is 2.23. The van der Waals surface area contributed by atoms with Gasteiger partial charge in [0.1, 0.15) is 5.75 Å². The smallest absolute Gasteiger partial charge is 0.212 e. The van der Waals surface area contributed by atoms with E-state index in [0.29, 0.717) is 12.6 Å². The molecule has 0 aromatic heterocycles. The number of hydrazone groups is 1. The molecule has 2 N–H and O–H groups in total. The van der Waals surface area contributed by atoms with Crippen molar-refractivity contribution >= 4 is 27.6 Å². The molecule has 0 unspecified atom stereocenters. The second-order valence-electron chi connectivity index (χ2n) is 4.04. The molecule has 0 fully saturated rings. The van der Waals surface area contributed by atoms with Crippen LogP contribution in [0.3, 0.4) is 0 Å². The fourth-order valence-electron chi connectivity index (χ4n) is 1.74. The van der Waals surface area contributed by atoms with Gasteiger partial charge in [-0.15, -0.1) is 0 Å². The summed E-state index contributed by atoms with van der Waals surface area (Å²) in [6.07, 6.45) is 0. The molecule has 1 aliphatic heterocycles. The number of halogens is 1. The maximum atomic E-state index is 5.61. The molecule has 0 aliphatic carbocycles. The van der Waals surface area contributed by atoms with Crippen molar-refractivity contribution in [3.63, 3.8) is 0 Å². The van der Waals surface area contributed by atoms with Crippen LogP contribution in [0.4, 0.5) is 0 Å². The molecule has 0 spiro atoms. The zero-order valence-corrected chi connectivity index (χ0v) is 12.6. The van der Waals surface area contributed by atoms with Gasteiger partial charge in [0.15, 0.2) is 0 Å². The van der Waals surface area contributed by atoms with E-state index in [-0.39, 0.29) is 0 Å². The third-order valence-electron chi connectivity index (χ3n) is 2.63. The number of aliphatic imine (C=N–C) groups is 1. The molecule has 1 aromatic carbocycles. The van der Waals surface area contributed by atoms with Crippen LogP contribution >= 0.6 is 15.9 Å². The van der Waals surface area contributed by atoms with Gasteiger partial charge in [-0.2, -0.15) is 5.10 Å². The number of ether oxygens (including phenoxy) is 1. The zero-order chi connectivity index (χ0) is 13.7. The van der Waals surface area contributed by atoms with E-state index in [1.165, 1.54) is 0 Å². The molecule has 0 atom stereocenters. The van der Waals surface area contributed by atoms with Crippen molar-refractivity contribution in [2.75, 3.05) is 19.7 Å². The Morgan fingerprint density at radius 1 is 1.58 bits per heavy atom. The van der Waals surface area contributed by atoms with Crippen molar-refractivity contribution in [1.82, 2.24) is 10.7 Å². The van der Waals surface area contributed by atoms with E-state index < -0.39 is 0 Å². The first kappa shape index (κ1) is 13.9. The highest BCUT2D eigenvalue weighted by Gasteiger charge is 2.09. The molecule has 2 rings (SSSR count). The minimum absolute atomic E-state index is 0.629. The lowest BCUT2D eigenvalue weighted by Crippen LogP contribution is -2.30. The van der Waals surface area contributed by atoms with Gasteiger partial charge in [0.05, 0.1) is 18.9 Å². The molecule has 0 saturated carbocycles. The van der Waals surface area contributed by atoms with E-state index in [1.807, 2.05) is 32.0 Å². The topological polar surface area (TPSA) is 58.0 Å². The van der Waals surface area contributed by atoms with Gasteiger partial charge in [0, 0.05) is 16.6 Å². The average molecular weight is 325 g/mol. The standard InChI is InChI=1S/C13H17BrN4O/c1-3-19-12-5-4-10(14)8-11(12)9(2)17-18-13-15-6-7-16-13/h4-5,8H,3,6-7H2,1-2H3,(H2,15,16,18)/b17-9-. The molecule has 0 amide bonds. The number of benzene rings is 1. The Kier molecular flexibility index (Phi) is 4.79. The Labute approximate surface area is 121 Å². The lowest BCUT2D eigenvalue weighted by atomic mass is 10.1. The van der Waals surface area contributed by atoms with Crippen molar-refractivity contribution in [1.29, 1.82) is 0 Å². The van der Waals surface area contributed by atoms with Crippen LogP contribution in [0, 0.1) is 0 Å². The summed E-state index contributed by atoms with van der Waals surface area (Å²) >= 11 is 3.47. The monoisotopic (exact) mass is 324 g/mol. The van der Waals surface area contributed by atoms with Crippen LogP contribution in [-0.2, 0) is 0 Å². The summed E-state index contributed by atoms with van der Waals surface area (Å²) in [5, 5.41) is 7.44. The quantitative estimate of drug-likeness (QED) is 0.659. The fourth-order valence-corrected chi connectivity index (χ4v) is 2.10. The van der Waals surface area contributed by atoms with Crippen LogP contribution in [0.15, 0.2) is 32.8 Å². The second-order valence-corrected chi connectivity index (χ2v) is 4.96. The highest BCUT2D eigenvalue weighted by molar-refractivity contribution is 9.10. The number of hydrogen-bond donors (Lipinski definition) is 2. The Hall–Kier alpha value is -1.56. The molecule has 5 nitrogen and oxygen atoms in total. The van der Waals surface area contributed by atoms with Gasteiger partial charge in [-0.3, -0.25) is 0 Å². The van der Waals surface area contributed by atoms with Crippen LogP contribution in [0.5, 0.6) is 5.75 Å². The summed E-state index contributed by atoms with van der Waals surface area (Å²) in [6, 6.07) is 5.89. The Bertz CT molecular complexity index is 513. The Morgan fingerprint density at radius 3 is 3.11 bits per heavy atom. The van der Waals surface area contributed by atoms with Crippen molar-refractivity contribution in [3.05, 3.63) is 28.2 Å². The van der Waals surface area contributed by atoms with Crippen molar-refractivity contribution < 1.29 is 4.74 Å². The summed E-state index contributed by atoms with van der Waals surface area (Å²) in [5.41, 5.74) is 4.73. The Balaban J connectivity index is 2.18. The number of rotatable bonds is 4. The lowest BCUT2D eigenvalue weighted by Gasteiger charge is -2.10. The largest absolute Gasteiger partial charge is 0.493 e. The van der Waals surface area contributed by atoms with Crippen LogP contribution in [-0.4, -0.2) is 31.4 Å². The molecule has 1 heterocycles.